The van der Waals surface area contributed by atoms with Crippen molar-refractivity contribution in [2.45, 2.75) is 19.8 Å². The molecule has 0 atom stereocenters. The van der Waals surface area contributed by atoms with Crippen LogP contribution in [0.25, 0.3) is 0 Å². The Morgan fingerprint density at radius 3 is 2.27 bits per heavy atom. The molecule has 0 fully saturated rings. The van der Waals surface area contributed by atoms with Crippen molar-refractivity contribution in [2.24, 2.45) is 0 Å². The number of hydrogen-bond donors (Lipinski definition) is 1. The maximum atomic E-state index is 12.7. The van der Waals surface area contributed by atoms with Gasteiger partial charge in [0.15, 0.2) is 0 Å². The topological polar surface area (TPSA) is 55.4 Å². The molecule has 0 saturated carbocycles. The van der Waals surface area contributed by atoms with E-state index in [9.17, 15) is 14.0 Å². The zero-order valence-corrected chi connectivity index (χ0v) is 12.1. The summed E-state index contributed by atoms with van der Waals surface area (Å²) in [4.78, 5) is 23.3. The highest BCUT2D eigenvalue weighted by Crippen LogP contribution is 2.13. The van der Waals surface area contributed by atoms with E-state index >= 15 is 0 Å². The number of hydrogen-bond acceptors (Lipinski definition) is 3. The van der Waals surface area contributed by atoms with E-state index in [1.165, 1.54) is 24.3 Å². The smallest absolute Gasteiger partial charge is 0.311 e. The van der Waals surface area contributed by atoms with E-state index in [0.717, 1.165) is 5.56 Å². The van der Waals surface area contributed by atoms with Crippen molar-refractivity contribution in [3.8, 4) is 5.75 Å². The monoisotopic (exact) mass is 301 g/mol. The molecule has 0 radical (unpaired) electrons. The Bertz CT molecular complexity index is 591. The summed E-state index contributed by atoms with van der Waals surface area (Å²) in [5, 5.41) is 2.58. The van der Waals surface area contributed by atoms with E-state index in [1.54, 1.807) is 12.1 Å². The predicted molar refractivity (Wildman–Crippen MR) is 81.1 cm³/mol. The maximum Gasteiger partial charge on any atom is 0.311 e. The molecule has 1 N–H and O–H groups in total. The molecule has 0 aliphatic rings. The molecule has 22 heavy (non-hydrogen) atoms. The summed E-state index contributed by atoms with van der Waals surface area (Å²) in [5.74, 6) is -0.722. The van der Waals surface area contributed by atoms with E-state index in [1.807, 2.05) is 19.1 Å². The zero-order chi connectivity index (χ0) is 15.9. The van der Waals surface area contributed by atoms with Crippen LogP contribution in [-0.2, 0) is 9.59 Å². The van der Waals surface area contributed by atoms with E-state index in [2.05, 4.69) is 5.32 Å². The lowest BCUT2D eigenvalue weighted by Crippen LogP contribution is -2.15. The Kier molecular flexibility index (Phi) is 5.25. The van der Waals surface area contributed by atoms with Gasteiger partial charge in [-0.3, -0.25) is 9.59 Å². The molecule has 5 heteroatoms. The molecular weight excluding hydrogens is 285 g/mol. The van der Waals surface area contributed by atoms with E-state index in [4.69, 9.17) is 4.74 Å². The van der Waals surface area contributed by atoms with Crippen LogP contribution in [-0.4, -0.2) is 11.9 Å². The number of esters is 1. The molecule has 0 aliphatic carbocycles. The number of nitrogens with one attached hydrogen (secondary N) is 1. The molecule has 4 nitrogen and oxygen atoms in total. The minimum Gasteiger partial charge on any atom is -0.427 e. The Hall–Kier alpha value is -2.69. The van der Waals surface area contributed by atoms with Gasteiger partial charge in [0.2, 0.25) is 5.91 Å². The summed E-state index contributed by atoms with van der Waals surface area (Å²) < 4.78 is 17.9. The van der Waals surface area contributed by atoms with Gasteiger partial charge in [-0.25, -0.2) is 4.39 Å². The molecule has 0 spiro atoms. The minimum absolute atomic E-state index is 0.00205. The number of ether oxygens (including phenoxy) is 1. The van der Waals surface area contributed by atoms with E-state index in [-0.39, 0.29) is 24.6 Å². The largest absolute Gasteiger partial charge is 0.427 e. The maximum absolute atomic E-state index is 12.7. The Morgan fingerprint density at radius 1 is 1.00 bits per heavy atom. The van der Waals surface area contributed by atoms with Crippen LogP contribution in [0.3, 0.4) is 0 Å². The third-order valence-electron chi connectivity index (χ3n) is 2.94. The first-order chi connectivity index (χ1) is 10.5. The second kappa shape index (κ2) is 7.36. The van der Waals surface area contributed by atoms with Crippen molar-refractivity contribution >= 4 is 17.6 Å². The van der Waals surface area contributed by atoms with Gasteiger partial charge in [0.05, 0.1) is 6.42 Å². The van der Waals surface area contributed by atoms with Crippen LogP contribution >= 0.6 is 0 Å². The molecule has 1 amide bonds. The van der Waals surface area contributed by atoms with Crippen LogP contribution in [0, 0.1) is 12.7 Å². The second-order valence-corrected chi connectivity index (χ2v) is 4.84. The van der Waals surface area contributed by atoms with Crippen molar-refractivity contribution in [3.63, 3.8) is 0 Å². The molecule has 0 aromatic heterocycles. The number of benzene rings is 2. The summed E-state index contributed by atoms with van der Waals surface area (Å²) in [6.45, 7) is 1.94. The first-order valence-electron chi connectivity index (χ1n) is 6.86. The quantitative estimate of drug-likeness (QED) is 0.679. The summed E-state index contributed by atoms with van der Waals surface area (Å²) in [6.07, 6.45) is -0.0248. The third-order valence-corrected chi connectivity index (χ3v) is 2.94. The lowest BCUT2D eigenvalue weighted by Gasteiger charge is -2.06. The fraction of sp³-hybridized carbons (Fsp3) is 0.176. The van der Waals surface area contributed by atoms with E-state index in [0.29, 0.717) is 11.4 Å². The minimum atomic E-state index is -0.474. The molecular formula is C17H16FNO3. The molecule has 0 bridgehead atoms. The van der Waals surface area contributed by atoms with Gasteiger partial charge in [-0.1, -0.05) is 17.7 Å². The predicted octanol–water partition coefficient (Wildman–Crippen LogP) is 3.46. The van der Waals surface area contributed by atoms with Crippen LogP contribution in [0.4, 0.5) is 10.1 Å². The SMILES string of the molecule is Cc1ccc(OC(=O)CCC(=O)Nc2ccc(F)cc2)cc1. The highest BCUT2D eigenvalue weighted by Gasteiger charge is 2.09. The van der Waals surface area contributed by atoms with Crippen molar-refractivity contribution in [2.75, 3.05) is 5.32 Å². The number of anilines is 1. The van der Waals surface area contributed by atoms with Crippen molar-refractivity contribution in [3.05, 3.63) is 59.9 Å². The Morgan fingerprint density at radius 2 is 1.64 bits per heavy atom. The van der Waals surface area contributed by atoms with Gasteiger partial charge in [-0.2, -0.15) is 0 Å². The first-order valence-corrected chi connectivity index (χ1v) is 6.86. The first kappa shape index (κ1) is 15.7. The van der Waals surface area contributed by atoms with Crippen molar-refractivity contribution in [1.82, 2.24) is 0 Å². The molecule has 0 saturated heterocycles. The summed E-state index contributed by atoms with van der Waals surface area (Å²) >= 11 is 0. The van der Waals surface area contributed by atoms with Crippen LogP contribution in [0.2, 0.25) is 0 Å². The summed E-state index contributed by atoms with van der Waals surface area (Å²) in [5.41, 5.74) is 1.55. The lowest BCUT2D eigenvalue weighted by atomic mass is 10.2. The Balaban J connectivity index is 1.76. The number of amides is 1. The number of halogens is 1. The molecule has 2 rings (SSSR count). The molecule has 2 aromatic carbocycles. The number of carbonyl (C=O) groups excluding carboxylic acids is 2. The van der Waals surface area contributed by atoms with Gasteiger partial charge in [0.1, 0.15) is 11.6 Å². The fourth-order valence-electron chi connectivity index (χ4n) is 1.76. The zero-order valence-electron chi connectivity index (χ0n) is 12.1. The van der Waals surface area contributed by atoms with Crippen LogP contribution < -0.4 is 10.1 Å². The lowest BCUT2D eigenvalue weighted by molar-refractivity contribution is -0.135. The van der Waals surface area contributed by atoms with Gasteiger partial charge in [0.25, 0.3) is 0 Å². The van der Waals surface area contributed by atoms with Crippen LogP contribution in [0.1, 0.15) is 18.4 Å². The molecule has 0 unspecified atom stereocenters. The molecule has 114 valence electrons. The normalized spacial score (nSPS) is 10.1. The van der Waals surface area contributed by atoms with E-state index < -0.39 is 5.97 Å². The second-order valence-electron chi connectivity index (χ2n) is 4.84. The molecule has 0 aliphatic heterocycles. The molecule has 2 aromatic rings. The van der Waals surface area contributed by atoms with Crippen LogP contribution in [0.5, 0.6) is 5.75 Å². The third kappa shape index (κ3) is 5.01. The number of rotatable bonds is 5. The average Bonchev–Trinajstić information content (AvgIpc) is 2.50. The van der Waals surface area contributed by atoms with Gasteiger partial charge in [-0.05, 0) is 43.3 Å². The Labute approximate surface area is 127 Å². The van der Waals surface area contributed by atoms with Gasteiger partial charge < -0.3 is 10.1 Å². The highest BCUT2D eigenvalue weighted by atomic mass is 19.1. The van der Waals surface area contributed by atoms with Crippen LogP contribution in [0.15, 0.2) is 48.5 Å². The summed E-state index contributed by atoms with van der Waals surface area (Å²) in [7, 11) is 0. The highest BCUT2D eigenvalue weighted by molar-refractivity contribution is 5.92. The average molecular weight is 301 g/mol. The fourth-order valence-corrected chi connectivity index (χ4v) is 1.76. The molecule has 0 heterocycles. The standard InChI is InChI=1S/C17H16FNO3/c1-12-2-8-15(9-3-12)22-17(21)11-10-16(20)19-14-6-4-13(18)5-7-14/h2-9H,10-11H2,1H3,(H,19,20). The number of carbonyl (C=O) groups is 2. The number of aryl methyl sites for hydroxylation is 1. The van der Waals surface area contributed by atoms with Crippen molar-refractivity contribution < 1.29 is 18.7 Å². The van der Waals surface area contributed by atoms with Crippen molar-refractivity contribution in [1.29, 1.82) is 0 Å². The van der Waals surface area contributed by atoms with Gasteiger partial charge in [0, 0.05) is 12.1 Å². The summed E-state index contributed by atoms with van der Waals surface area (Å²) in [6, 6.07) is 12.5. The van der Waals surface area contributed by atoms with Gasteiger partial charge >= 0.3 is 5.97 Å². The van der Waals surface area contributed by atoms with Gasteiger partial charge in [-0.15, -0.1) is 0 Å².